The zero-order chi connectivity index (χ0) is 23.8. The van der Waals surface area contributed by atoms with E-state index in [0.717, 1.165) is 12.8 Å². The van der Waals surface area contributed by atoms with Gasteiger partial charge in [-0.2, -0.15) is 0 Å². The molecule has 2 rings (SSSR count). The number of aliphatic hydroxyl groups excluding tert-OH is 6. The fraction of sp³-hybridized carbons (Fsp3) is 0.947. The highest BCUT2D eigenvalue weighted by molar-refractivity contribution is 5.73. The molecule has 2 aliphatic rings. The number of nitrogens with one attached hydrogen (secondary N) is 1. The second-order valence-corrected chi connectivity index (χ2v) is 7.96. The van der Waals surface area contributed by atoms with Crippen molar-refractivity contribution in [2.24, 2.45) is 5.73 Å². The fourth-order valence-electron chi connectivity index (χ4n) is 3.72. The molecule has 9 N–H and O–H groups in total. The lowest BCUT2D eigenvalue weighted by Gasteiger charge is -2.47. The number of hydrogen-bond acceptors (Lipinski definition) is 12. The van der Waals surface area contributed by atoms with Crippen LogP contribution < -0.4 is 11.1 Å². The van der Waals surface area contributed by atoms with Gasteiger partial charge in [0.15, 0.2) is 12.6 Å². The van der Waals surface area contributed by atoms with Gasteiger partial charge in [0.25, 0.3) is 0 Å². The zero-order valence-corrected chi connectivity index (χ0v) is 18.0. The Kier molecular flexibility index (Phi) is 11.1. The molecule has 2 saturated heterocycles. The Labute approximate surface area is 186 Å². The van der Waals surface area contributed by atoms with Crippen LogP contribution in [0.3, 0.4) is 0 Å². The van der Waals surface area contributed by atoms with E-state index in [1.165, 1.54) is 6.92 Å². The van der Waals surface area contributed by atoms with Crippen molar-refractivity contribution in [1.29, 1.82) is 0 Å². The molecule has 1 amide bonds. The first-order valence-corrected chi connectivity index (χ1v) is 10.7. The molecule has 10 atom stereocenters. The monoisotopic (exact) mass is 468 g/mol. The van der Waals surface area contributed by atoms with E-state index in [2.05, 4.69) is 5.32 Å². The van der Waals surface area contributed by atoms with Gasteiger partial charge >= 0.3 is 0 Å². The summed E-state index contributed by atoms with van der Waals surface area (Å²) in [6.07, 6.45) is -10.2. The van der Waals surface area contributed by atoms with Gasteiger partial charge in [0.05, 0.1) is 13.2 Å². The van der Waals surface area contributed by atoms with Crippen LogP contribution in [0.4, 0.5) is 0 Å². The lowest BCUT2D eigenvalue weighted by molar-refractivity contribution is -0.347. The number of rotatable bonds is 11. The van der Waals surface area contributed by atoms with Crippen molar-refractivity contribution >= 4 is 5.91 Å². The van der Waals surface area contributed by atoms with Crippen molar-refractivity contribution in [1.82, 2.24) is 5.32 Å². The minimum absolute atomic E-state index is 0.247. The lowest BCUT2D eigenvalue weighted by atomic mass is 9.95. The maximum atomic E-state index is 11.6. The van der Waals surface area contributed by atoms with Gasteiger partial charge in [-0.15, -0.1) is 0 Å². The summed E-state index contributed by atoms with van der Waals surface area (Å²) >= 11 is 0. The molecule has 0 aromatic rings. The molecule has 0 bridgehead atoms. The molecule has 2 fully saturated rings. The van der Waals surface area contributed by atoms with E-state index in [9.17, 15) is 35.4 Å². The summed E-state index contributed by atoms with van der Waals surface area (Å²) in [5.41, 5.74) is 5.44. The molecule has 188 valence electrons. The Bertz CT molecular complexity index is 569. The molecule has 0 aromatic heterocycles. The normalized spacial score (nSPS) is 40.2. The Balaban J connectivity index is 2.09. The number of carbonyl (C=O) groups is 1. The van der Waals surface area contributed by atoms with Crippen LogP contribution in [0.2, 0.25) is 0 Å². The van der Waals surface area contributed by atoms with E-state index in [4.69, 9.17) is 24.7 Å². The quantitative estimate of drug-likeness (QED) is 0.136. The van der Waals surface area contributed by atoms with E-state index < -0.39 is 80.5 Å². The van der Waals surface area contributed by atoms with Crippen LogP contribution in [0, 0.1) is 0 Å². The van der Waals surface area contributed by atoms with Gasteiger partial charge in [-0.05, 0) is 25.8 Å². The highest BCUT2D eigenvalue weighted by Gasteiger charge is 2.51. The third kappa shape index (κ3) is 6.77. The third-order valence-corrected chi connectivity index (χ3v) is 5.49. The average Bonchev–Trinajstić information content (AvgIpc) is 2.77. The molecule has 0 spiro atoms. The smallest absolute Gasteiger partial charge is 0.217 e. The van der Waals surface area contributed by atoms with Crippen molar-refractivity contribution in [3.63, 3.8) is 0 Å². The van der Waals surface area contributed by atoms with E-state index in [1.807, 2.05) is 0 Å². The van der Waals surface area contributed by atoms with E-state index in [0.29, 0.717) is 13.0 Å². The second kappa shape index (κ2) is 13.1. The largest absolute Gasteiger partial charge is 0.394 e. The van der Waals surface area contributed by atoms with Gasteiger partial charge in [-0.1, -0.05) is 0 Å². The minimum atomic E-state index is -1.58. The molecule has 2 aliphatic heterocycles. The zero-order valence-electron chi connectivity index (χ0n) is 18.0. The Hall–Kier alpha value is -0.970. The van der Waals surface area contributed by atoms with E-state index >= 15 is 0 Å². The summed E-state index contributed by atoms with van der Waals surface area (Å²) in [4.78, 5) is 11.6. The Morgan fingerprint density at radius 3 is 2.16 bits per heavy atom. The van der Waals surface area contributed by atoms with Crippen molar-refractivity contribution in [2.45, 2.75) is 87.5 Å². The summed E-state index contributed by atoms with van der Waals surface area (Å²) in [6, 6.07) is -1.26. The molecule has 0 saturated carbocycles. The maximum absolute atomic E-state index is 11.6. The fourth-order valence-corrected chi connectivity index (χ4v) is 3.72. The number of ether oxygens (including phenoxy) is 4. The molecule has 0 aromatic carbocycles. The number of carbonyl (C=O) groups excluding carboxylic acids is 1. The van der Waals surface area contributed by atoms with Gasteiger partial charge in [-0.25, -0.2) is 0 Å². The van der Waals surface area contributed by atoms with E-state index in [-0.39, 0.29) is 6.61 Å². The topological polar surface area (TPSA) is 213 Å². The van der Waals surface area contributed by atoms with E-state index in [1.54, 1.807) is 0 Å². The first-order valence-electron chi connectivity index (χ1n) is 10.7. The van der Waals surface area contributed by atoms with Gasteiger partial charge in [0.1, 0.15) is 48.8 Å². The Morgan fingerprint density at radius 1 is 0.906 bits per heavy atom. The summed E-state index contributed by atoms with van der Waals surface area (Å²) in [5, 5.41) is 63.1. The second-order valence-electron chi connectivity index (χ2n) is 7.96. The van der Waals surface area contributed by atoms with Crippen molar-refractivity contribution < 1.29 is 54.4 Å². The standard InChI is InChI=1S/C19H36N2O11/c1-9(24)21-12-14(26)13(25)10(7-22)30-18(12)32-17-11(8-23)31-19(16(28)15(17)27)29-6-4-2-3-5-20/h10-19,22-23,25-28H,2-8,20H2,1H3,(H,21,24). The molecule has 13 nitrogen and oxygen atoms in total. The van der Waals surface area contributed by atoms with Gasteiger partial charge in [0, 0.05) is 13.5 Å². The third-order valence-electron chi connectivity index (χ3n) is 5.49. The molecule has 0 aliphatic carbocycles. The number of hydrogen-bond donors (Lipinski definition) is 8. The molecule has 2 heterocycles. The highest BCUT2D eigenvalue weighted by Crippen LogP contribution is 2.29. The predicted molar refractivity (Wildman–Crippen MR) is 107 cm³/mol. The lowest BCUT2D eigenvalue weighted by Crippen LogP contribution is -2.67. The first-order chi connectivity index (χ1) is 15.2. The van der Waals surface area contributed by atoms with Crippen LogP contribution >= 0.6 is 0 Å². The number of nitrogens with two attached hydrogens (primary N) is 1. The predicted octanol–water partition coefficient (Wildman–Crippen LogP) is -4.10. The van der Waals surface area contributed by atoms with Crippen LogP contribution in [0.25, 0.3) is 0 Å². The Morgan fingerprint density at radius 2 is 1.56 bits per heavy atom. The molecule has 10 unspecified atom stereocenters. The highest BCUT2D eigenvalue weighted by atomic mass is 16.7. The molecular formula is C19H36N2O11. The summed E-state index contributed by atoms with van der Waals surface area (Å²) in [7, 11) is 0. The molecular weight excluding hydrogens is 432 g/mol. The minimum Gasteiger partial charge on any atom is -0.394 e. The first kappa shape index (κ1) is 27.3. The van der Waals surface area contributed by atoms with Crippen molar-refractivity contribution in [3.05, 3.63) is 0 Å². The summed E-state index contributed by atoms with van der Waals surface area (Å²) < 4.78 is 22.2. The van der Waals surface area contributed by atoms with Crippen LogP contribution in [0.15, 0.2) is 0 Å². The number of amides is 1. The van der Waals surface area contributed by atoms with Crippen molar-refractivity contribution in [3.8, 4) is 0 Å². The van der Waals surface area contributed by atoms with Gasteiger partial charge in [0.2, 0.25) is 5.91 Å². The number of unbranched alkanes of at least 4 members (excludes halogenated alkanes) is 2. The van der Waals surface area contributed by atoms with Crippen molar-refractivity contribution in [2.75, 3.05) is 26.4 Å². The van der Waals surface area contributed by atoms with Gasteiger partial charge < -0.3 is 60.6 Å². The summed E-state index contributed by atoms with van der Waals surface area (Å²) in [5.74, 6) is -0.553. The van der Waals surface area contributed by atoms with Crippen LogP contribution in [0.5, 0.6) is 0 Å². The summed E-state index contributed by atoms with van der Waals surface area (Å²) in [6.45, 7) is 0.728. The van der Waals surface area contributed by atoms with Crippen LogP contribution in [0.1, 0.15) is 26.2 Å². The number of aliphatic hydroxyl groups is 6. The molecule has 13 heteroatoms. The average molecular weight is 469 g/mol. The molecule has 0 radical (unpaired) electrons. The maximum Gasteiger partial charge on any atom is 0.217 e. The van der Waals surface area contributed by atoms with Crippen LogP contribution in [-0.4, -0.2) is 124 Å². The SMILES string of the molecule is CC(=O)NC1C(OC2C(CO)OC(OCCCCCN)C(O)C2O)OC(CO)C(O)C1O. The van der Waals surface area contributed by atoms with Gasteiger partial charge in [-0.3, -0.25) is 4.79 Å². The molecule has 32 heavy (non-hydrogen) atoms. The van der Waals surface area contributed by atoms with Crippen LogP contribution in [-0.2, 0) is 23.7 Å².